The van der Waals surface area contributed by atoms with Gasteiger partial charge in [-0.25, -0.2) is 0 Å². The van der Waals surface area contributed by atoms with Gasteiger partial charge in [-0.1, -0.05) is 55.1 Å². The Hall–Kier alpha value is -1.71. The van der Waals surface area contributed by atoms with Crippen LogP contribution >= 0.6 is 11.6 Å². The van der Waals surface area contributed by atoms with E-state index in [9.17, 15) is 0 Å². The van der Waals surface area contributed by atoms with Gasteiger partial charge in [-0.3, -0.25) is 0 Å². The van der Waals surface area contributed by atoms with Crippen LogP contribution in [-0.2, 0) is 13.2 Å². The standard InChI is InChI=1S/C22H28ClNO2/c1-16-8-6-7-9-18(16)15-26-22-20(23)12-17(13-21(22)25-2)14-24-19-10-4-3-5-11-19/h6-9,12-13,19,24H,3-5,10-11,14-15H2,1-2H3. The summed E-state index contributed by atoms with van der Waals surface area (Å²) in [6.45, 7) is 3.36. The summed E-state index contributed by atoms with van der Waals surface area (Å²) in [5, 5.41) is 4.24. The molecule has 140 valence electrons. The van der Waals surface area contributed by atoms with E-state index in [0.29, 0.717) is 29.2 Å². The van der Waals surface area contributed by atoms with Crippen LogP contribution in [0.2, 0.25) is 5.02 Å². The summed E-state index contributed by atoms with van der Waals surface area (Å²) >= 11 is 6.51. The van der Waals surface area contributed by atoms with E-state index < -0.39 is 0 Å². The highest BCUT2D eigenvalue weighted by Gasteiger charge is 2.15. The first-order valence-electron chi connectivity index (χ1n) is 9.44. The van der Waals surface area contributed by atoms with Crippen molar-refractivity contribution in [1.82, 2.24) is 5.32 Å². The SMILES string of the molecule is COc1cc(CNC2CCCCC2)cc(Cl)c1OCc1ccccc1C. The summed E-state index contributed by atoms with van der Waals surface area (Å²) in [5.74, 6) is 1.30. The normalized spacial score (nSPS) is 15.0. The average Bonchev–Trinajstić information content (AvgIpc) is 2.67. The van der Waals surface area contributed by atoms with Gasteiger partial charge in [0.1, 0.15) is 6.61 Å². The maximum atomic E-state index is 6.51. The number of benzene rings is 2. The molecule has 1 aliphatic carbocycles. The van der Waals surface area contributed by atoms with Gasteiger partial charge in [0.15, 0.2) is 11.5 Å². The monoisotopic (exact) mass is 373 g/mol. The van der Waals surface area contributed by atoms with Crippen molar-refractivity contribution in [3.63, 3.8) is 0 Å². The van der Waals surface area contributed by atoms with E-state index in [1.165, 1.54) is 37.7 Å². The van der Waals surface area contributed by atoms with Gasteiger partial charge in [-0.15, -0.1) is 0 Å². The van der Waals surface area contributed by atoms with Crippen molar-refractivity contribution in [3.8, 4) is 11.5 Å². The van der Waals surface area contributed by atoms with Crippen LogP contribution in [0, 0.1) is 6.92 Å². The molecule has 0 bridgehead atoms. The maximum absolute atomic E-state index is 6.51. The summed E-state index contributed by atoms with van der Waals surface area (Å²) in [7, 11) is 1.66. The number of aryl methyl sites for hydroxylation is 1. The van der Waals surface area contributed by atoms with Crippen LogP contribution in [0.3, 0.4) is 0 Å². The number of halogens is 1. The van der Waals surface area contributed by atoms with Gasteiger partial charge in [0.2, 0.25) is 0 Å². The lowest BCUT2D eigenvalue weighted by atomic mass is 9.95. The fourth-order valence-electron chi connectivity index (χ4n) is 3.51. The maximum Gasteiger partial charge on any atom is 0.180 e. The zero-order chi connectivity index (χ0) is 18.4. The molecule has 2 aromatic carbocycles. The second kappa shape index (κ2) is 9.29. The van der Waals surface area contributed by atoms with Gasteiger partial charge in [-0.05, 0) is 48.6 Å². The Labute approximate surface area is 161 Å². The Kier molecular flexibility index (Phi) is 6.81. The molecule has 0 amide bonds. The minimum atomic E-state index is 0.475. The Morgan fingerprint density at radius 2 is 1.88 bits per heavy atom. The first kappa shape index (κ1) is 19.1. The largest absolute Gasteiger partial charge is 0.493 e. The first-order valence-corrected chi connectivity index (χ1v) is 9.82. The highest BCUT2D eigenvalue weighted by Crippen LogP contribution is 2.37. The molecule has 0 radical (unpaired) electrons. The Morgan fingerprint density at radius 3 is 2.62 bits per heavy atom. The van der Waals surface area contributed by atoms with Gasteiger partial charge in [0.25, 0.3) is 0 Å². The quantitative estimate of drug-likeness (QED) is 0.679. The highest BCUT2D eigenvalue weighted by atomic mass is 35.5. The van der Waals surface area contributed by atoms with Crippen molar-refractivity contribution in [2.75, 3.05) is 7.11 Å². The summed E-state index contributed by atoms with van der Waals surface area (Å²) in [4.78, 5) is 0. The Morgan fingerprint density at radius 1 is 1.12 bits per heavy atom. The molecular weight excluding hydrogens is 346 g/mol. The number of rotatable bonds is 7. The predicted octanol–water partition coefficient (Wildman–Crippen LogP) is 5.66. The third-order valence-electron chi connectivity index (χ3n) is 5.12. The van der Waals surface area contributed by atoms with Crippen molar-refractivity contribution in [2.24, 2.45) is 0 Å². The van der Waals surface area contributed by atoms with E-state index in [2.05, 4.69) is 24.4 Å². The van der Waals surface area contributed by atoms with Crippen molar-refractivity contribution in [1.29, 1.82) is 0 Å². The fraction of sp³-hybridized carbons (Fsp3) is 0.455. The van der Waals surface area contributed by atoms with E-state index in [1.54, 1.807) is 7.11 Å². The van der Waals surface area contributed by atoms with Crippen LogP contribution in [0.4, 0.5) is 0 Å². The number of nitrogens with one attached hydrogen (secondary N) is 1. The van der Waals surface area contributed by atoms with Gasteiger partial charge >= 0.3 is 0 Å². The van der Waals surface area contributed by atoms with Crippen LogP contribution in [-0.4, -0.2) is 13.2 Å². The Bertz CT molecular complexity index is 726. The van der Waals surface area contributed by atoms with Crippen LogP contribution in [0.5, 0.6) is 11.5 Å². The lowest BCUT2D eigenvalue weighted by Gasteiger charge is -2.23. The molecule has 1 saturated carbocycles. The molecule has 3 nitrogen and oxygen atoms in total. The van der Waals surface area contributed by atoms with Crippen LogP contribution in [0.15, 0.2) is 36.4 Å². The third kappa shape index (κ3) is 4.93. The van der Waals surface area contributed by atoms with Gasteiger partial charge in [0, 0.05) is 12.6 Å². The lowest BCUT2D eigenvalue weighted by Crippen LogP contribution is -2.30. The topological polar surface area (TPSA) is 30.5 Å². The second-order valence-electron chi connectivity index (χ2n) is 7.04. The summed E-state index contributed by atoms with van der Waals surface area (Å²) in [6.07, 6.45) is 6.55. The Balaban J connectivity index is 1.67. The molecule has 0 aliphatic heterocycles. The third-order valence-corrected chi connectivity index (χ3v) is 5.40. The van der Waals surface area contributed by atoms with Crippen LogP contribution in [0.25, 0.3) is 0 Å². The molecule has 1 N–H and O–H groups in total. The molecular formula is C22H28ClNO2. The molecule has 0 spiro atoms. The molecule has 1 aliphatic rings. The number of methoxy groups -OCH3 is 1. The number of hydrogen-bond donors (Lipinski definition) is 1. The van der Waals surface area contributed by atoms with E-state index in [1.807, 2.05) is 24.3 Å². The fourth-order valence-corrected chi connectivity index (χ4v) is 3.79. The summed E-state index contributed by atoms with van der Waals surface area (Å²) in [6, 6.07) is 12.8. The number of hydrogen-bond acceptors (Lipinski definition) is 3. The smallest absolute Gasteiger partial charge is 0.180 e. The summed E-state index contributed by atoms with van der Waals surface area (Å²) < 4.78 is 11.5. The molecule has 3 rings (SSSR count). The van der Waals surface area contributed by atoms with Gasteiger partial charge in [-0.2, -0.15) is 0 Å². The predicted molar refractivity (Wildman–Crippen MR) is 107 cm³/mol. The minimum absolute atomic E-state index is 0.475. The molecule has 0 atom stereocenters. The molecule has 0 saturated heterocycles. The second-order valence-corrected chi connectivity index (χ2v) is 7.45. The molecule has 26 heavy (non-hydrogen) atoms. The van der Waals surface area contributed by atoms with Gasteiger partial charge in [0.05, 0.1) is 12.1 Å². The van der Waals surface area contributed by atoms with Crippen molar-refractivity contribution in [3.05, 3.63) is 58.1 Å². The van der Waals surface area contributed by atoms with E-state index in [-0.39, 0.29) is 0 Å². The van der Waals surface area contributed by atoms with E-state index in [0.717, 1.165) is 17.7 Å². The van der Waals surface area contributed by atoms with E-state index >= 15 is 0 Å². The molecule has 0 aromatic heterocycles. The van der Waals surface area contributed by atoms with Crippen LogP contribution < -0.4 is 14.8 Å². The molecule has 1 fully saturated rings. The van der Waals surface area contributed by atoms with Crippen molar-refractivity contribution < 1.29 is 9.47 Å². The zero-order valence-corrected chi connectivity index (χ0v) is 16.4. The molecule has 4 heteroatoms. The van der Waals surface area contributed by atoms with Gasteiger partial charge < -0.3 is 14.8 Å². The summed E-state index contributed by atoms with van der Waals surface area (Å²) in [5.41, 5.74) is 3.48. The van der Waals surface area contributed by atoms with Crippen molar-refractivity contribution in [2.45, 2.75) is 58.2 Å². The van der Waals surface area contributed by atoms with Crippen molar-refractivity contribution >= 4 is 11.6 Å². The molecule has 0 unspecified atom stereocenters. The van der Waals surface area contributed by atoms with E-state index in [4.69, 9.17) is 21.1 Å². The molecule has 2 aromatic rings. The first-order chi connectivity index (χ1) is 12.7. The average molecular weight is 374 g/mol. The van der Waals surface area contributed by atoms with Crippen LogP contribution in [0.1, 0.15) is 48.8 Å². The minimum Gasteiger partial charge on any atom is -0.493 e. The zero-order valence-electron chi connectivity index (χ0n) is 15.7. The number of ether oxygens (including phenoxy) is 2. The molecule has 0 heterocycles. The lowest BCUT2D eigenvalue weighted by molar-refractivity contribution is 0.284. The highest BCUT2D eigenvalue weighted by molar-refractivity contribution is 6.32.